The summed E-state index contributed by atoms with van der Waals surface area (Å²) in [4.78, 5) is 24.6. The molecule has 0 aliphatic rings. The van der Waals surface area contributed by atoms with E-state index in [1.807, 2.05) is 36.6 Å². The molecule has 5 heteroatoms. The van der Waals surface area contributed by atoms with E-state index in [4.69, 9.17) is 4.74 Å². The molecule has 24 heavy (non-hydrogen) atoms. The van der Waals surface area contributed by atoms with E-state index >= 15 is 0 Å². The Morgan fingerprint density at radius 3 is 2.29 bits per heavy atom. The van der Waals surface area contributed by atoms with Gasteiger partial charge in [-0.15, -0.1) is 11.3 Å². The summed E-state index contributed by atoms with van der Waals surface area (Å²) in [6.45, 7) is 1.99. The molecular weight excluding hydrogens is 322 g/mol. The van der Waals surface area contributed by atoms with Gasteiger partial charge >= 0.3 is 5.97 Å². The van der Waals surface area contributed by atoms with Crippen LogP contribution < -0.4 is 10.1 Å². The lowest BCUT2D eigenvalue weighted by Crippen LogP contribution is -2.12. The number of anilines is 1. The predicted molar refractivity (Wildman–Crippen MR) is 94.9 cm³/mol. The Kier molecular flexibility index (Phi) is 4.72. The van der Waals surface area contributed by atoms with Crippen LogP contribution >= 0.6 is 11.3 Å². The first-order valence-corrected chi connectivity index (χ1v) is 8.23. The van der Waals surface area contributed by atoms with Crippen LogP contribution in [0.15, 0.2) is 66.0 Å². The van der Waals surface area contributed by atoms with E-state index < -0.39 is 5.97 Å². The Morgan fingerprint density at radius 1 is 0.958 bits per heavy atom. The first-order chi connectivity index (χ1) is 11.6. The number of benzene rings is 2. The van der Waals surface area contributed by atoms with Gasteiger partial charge in [-0.05, 0) is 54.8 Å². The van der Waals surface area contributed by atoms with Crippen LogP contribution in [0.5, 0.6) is 5.75 Å². The number of hydrogen-bond acceptors (Lipinski definition) is 4. The number of esters is 1. The smallest absolute Gasteiger partial charge is 0.353 e. The highest BCUT2D eigenvalue weighted by molar-refractivity contribution is 7.12. The van der Waals surface area contributed by atoms with E-state index in [9.17, 15) is 9.59 Å². The molecule has 0 atom stereocenters. The van der Waals surface area contributed by atoms with Gasteiger partial charge in [0.05, 0.1) is 0 Å². The van der Waals surface area contributed by atoms with Crippen LogP contribution in [0.1, 0.15) is 25.6 Å². The molecule has 0 saturated carbocycles. The maximum absolute atomic E-state index is 12.2. The van der Waals surface area contributed by atoms with E-state index in [-0.39, 0.29) is 5.91 Å². The number of rotatable bonds is 4. The third-order valence-corrected chi connectivity index (χ3v) is 4.21. The number of hydrogen-bond donors (Lipinski definition) is 1. The Labute approximate surface area is 143 Å². The second kappa shape index (κ2) is 7.10. The molecular formula is C19H15NO3S. The Morgan fingerprint density at radius 2 is 1.67 bits per heavy atom. The molecule has 0 saturated heterocycles. The molecule has 1 heterocycles. The van der Waals surface area contributed by atoms with Gasteiger partial charge in [0.15, 0.2) is 0 Å². The van der Waals surface area contributed by atoms with E-state index in [1.54, 1.807) is 36.4 Å². The van der Waals surface area contributed by atoms with Gasteiger partial charge in [0.25, 0.3) is 5.91 Å². The fraction of sp³-hybridized carbons (Fsp3) is 0.0526. The van der Waals surface area contributed by atoms with Crippen molar-refractivity contribution in [3.05, 3.63) is 82.0 Å². The average Bonchev–Trinajstić information content (AvgIpc) is 3.12. The summed E-state index contributed by atoms with van der Waals surface area (Å²) < 4.78 is 5.26. The third kappa shape index (κ3) is 3.88. The summed E-state index contributed by atoms with van der Waals surface area (Å²) in [5.74, 6) is -0.211. The number of carbonyl (C=O) groups is 2. The van der Waals surface area contributed by atoms with Crippen LogP contribution in [0.3, 0.4) is 0 Å². The van der Waals surface area contributed by atoms with E-state index in [1.165, 1.54) is 11.3 Å². The fourth-order valence-corrected chi connectivity index (χ4v) is 2.67. The highest BCUT2D eigenvalue weighted by atomic mass is 32.1. The van der Waals surface area contributed by atoms with Crippen LogP contribution in [0, 0.1) is 6.92 Å². The fourth-order valence-electron chi connectivity index (χ4n) is 2.07. The lowest BCUT2D eigenvalue weighted by molar-refractivity contribution is 0.0740. The molecule has 1 amide bonds. The van der Waals surface area contributed by atoms with Crippen LogP contribution in [0.4, 0.5) is 5.69 Å². The van der Waals surface area contributed by atoms with Crippen molar-refractivity contribution in [3.8, 4) is 5.75 Å². The van der Waals surface area contributed by atoms with E-state index in [0.29, 0.717) is 16.2 Å². The number of ether oxygens (including phenoxy) is 1. The van der Waals surface area contributed by atoms with Crippen LogP contribution in [0.2, 0.25) is 0 Å². The van der Waals surface area contributed by atoms with Gasteiger partial charge in [0, 0.05) is 11.3 Å². The zero-order valence-corrected chi connectivity index (χ0v) is 13.8. The van der Waals surface area contributed by atoms with Crippen molar-refractivity contribution in [1.29, 1.82) is 0 Å². The number of aryl methyl sites for hydroxylation is 1. The van der Waals surface area contributed by atoms with Crippen molar-refractivity contribution in [2.24, 2.45) is 0 Å². The summed E-state index contributed by atoms with van der Waals surface area (Å²) in [7, 11) is 0. The van der Waals surface area contributed by atoms with E-state index in [0.717, 1.165) is 11.3 Å². The predicted octanol–water partition coefficient (Wildman–Crippen LogP) is 4.53. The molecule has 0 aliphatic heterocycles. The second-order valence-corrected chi connectivity index (χ2v) is 6.16. The minimum Gasteiger partial charge on any atom is -0.422 e. The lowest BCUT2D eigenvalue weighted by Gasteiger charge is -2.07. The van der Waals surface area contributed by atoms with Crippen LogP contribution in [-0.4, -0.2) is 11.9 Å². The molecule has 1 aromatic heterocycles. The molecule has 0 radical (unpaired) electrons. The first-order valence-electron chi connectivity index (χ1n) is 7.35. The summed E-state index contributed by atoms with van der Waals surface area (Å²) in [5.41, 5.74) is 2.36. The average molecular weight is 337 g/mol. The van der Waals surface area contributed by atoms with Crippen molar-refractivity contribution in [1.82, 2.24) is 0 Å². The highest BCUT2D eigenvalue weighted by Crippen LogP contribution is 2.17. The zero-order chi connectivity index (χ0) is 16.9. The Balaban J connectivity index is 1.64. The van der Waals surface area contributed by atoms with Crippen molar-refractivity contribution in [3.63, 3.8) is 0 Å². The standard InChI is InChI=1S/C19H15NO3S/c1-13-4-8-15(9-5-13)20-18(21)14-6-10-16(11-7-14)23-19(22)17-3-2-12-24-17/h2-12H,1H3,(H,20,21). The maximum atomic E-state index is 12.2. The summed E-state index contributed by atoms with van der Waals surface area (Å²) in [6.07, 6.45) is 0. The van der Waals surface area contributed by atoms with Crippen molar-refractivity contribution in [2.45, 2.75) is 6.92 Å². The van der Waals surface area contributed by atoms with Crippen molar-refractivity contribution in [2.75, 3.05) is 5.32 Å². The zero-order valence-electron chi connectivity index (χ0n) is 13.0. The summed E-state index contributed by atoms with van der Waals surface area (Å²) in [6, 6.07) is 17.5. The topological polar surface area (TPSA) is 55.4 Å². The minimum atomic E-state index is -0.401. The third-order valence-electron chi connectivity index (χ3n) is 3.36. The molecule has 2 aromatic carbocycles. The summed E-state index contributed by atoms with van der Waals surface area (Å²) >= 11 is 1.32. The van der Waals surface area contributed by atoms with Gasteiger partial charge in [0.2, 0.25) is 0 Å². The molecule has 3 aromatic rings. The second-order valence-electron chi connectivity index (χ2n) is 5.21. The largest absolute Gasteiger partial charge is 0.422 e. The van der Waals surface area contributed by atoms with Gasteiger partial charge in [-0.2, -0.15) is 0 Å². The number of carbonyl (C=O) groups excluding carboxylic acids is 2. The highest BCUT2D eigenvalue weighted by Gasteiger charge is 2.11. The van der Waals surface area contributed by atoms with Crippen LogP contribution in [0.25, 0.3) is 0 Å². The van der Waals surface area contributed by atoms with Crippen molar-refractivity contribution >= 4 is 28.9 Å². The minimum absolute atomic E-state index is 0.213. The van der Waals surface area contributed by atoms with Gasteiger partial charge in [0.1, 0.15) is 10.6 Å². The number of thiophene rings is 1. The van der Waals surface area contributed by atoms with Gasteiger partial charge in [-0.1, -0.05) is 23.8 Å². The molecule has 0 aliphatic carbocycles. The van der Waals surface area contributed by atoms with Crippen molar-refractivity contribution < 1.29 is 14.3 Å². The summed E-state index contributed by atoms with van der Waals surface area (Å²) in [5, 5.41) is 4.64. The normalized spacial score (nSPS) is 10.2. The van der Waals surface area contributed by atoms with E-state index in [2.05, 4.69) is 5.32 Å². The van der Waals surface area contributed by atoms with Gasteiger partial charge in [-0.3, -0.25) is 4.79 Å². The number of amides is 1. The maximum Gasteiger partial charge on any atom is 0.353 e. The molecule has 1 N–H and O–H groups in total. The van der Waals surface area contributed by atoms with Gasteiger partial charge in [-0.25, -0.2) is 4.79 Å². The number of nitrogens with one attached hydrogen (secondary N) is 1. The molecule has 3 rings (SSSR count). The molecule has 0 unspecified atom stereocenters. The van der Waals surface area contributed by atoms with Crippen LogP contribution in [-0.2, 0) is 0 Å². The molecule has 0 spiro atoms. The molecule has 0 fully saturated rings. The lowest BCUT2D eigenvalue weighted by atomic mass is 10.2. The molecule has 4 nitrogen and oxygen atoms in total. The molecule has 120 valence electrons. The SMILES string of the molecule is Cc1ccc(NC(=O)c2ccc(OC(=O)c3cccs3)cc2)cc1. The van der Waals surface area contributed by atoms with Gasteiger partial charge < -0.3 is 10.1 Å². The molecule has 0 bridgehead atoms. The Hall–Kier alpha value is -2.92. The monoisotopic (exact) mass is 337 g/mol. The quantitative estimate of drug-likeness (QED) is 0.562. The Bertz CT molecular complexity index is 837. The first kappa shape index (κ1) is 16.0.